The van der Waals surface area contributed by atoms with Gasteiger partial charge in [-0.2, -0.15) is 0 Å². The van der Waals surface area contributed by atoms with Crippen LogP contribution in [0.1, 0.15) is 28.1 Å². The van der Waals surface area contributed by atoms with E-state index in [0.717, 1.165) is 11.3 Å². The number of amides is 2. The van der Waals surface area contributed by atoms with Crippen molar-refractivity contribution in [3.63, 3.8) is 0 Å². The number of benzene rings is 2. The molecular formula is C23H20N2O4S. The Bertz CT molecular complexity index is 1060. The molecule has 7 heteroatoms. The molecule has 2 aromatic carbocycles. The lowest BCUT2D eigenvalue weighted by Crippen LogP contribution is -2.30. The molecule has 3 aromatic rings. The quantitative estimate of drug-likeness (QED) is 0.454. The van der Waals surface area contributed by atoms with Crippen LogP contribution in [0.2, 0.25) is 0 Å². The van der Waals surface area contributed by atoms with E-state index in [0.29, 0.717) is 29.2 Å². The van der Waals surface area contributed by atoms with Gasteiger partial charge in [0, 0.05) is 23.7 Å². The Hall–Kier alpha value is -3.45. The number of hydrogen-bond acceptors (Lipinski definition) is 5. The summed E-state index contributed by atoms with van der Waals surface area (Å²) in [6.45, 7) is 0. The maximum absolute atomic E-state index is 12.2. The van der Waals surface area contributed by atoms with Gasteiger partial charge in [-0.25, -0.2) is 0 Å². The second-order valence-corrected chi connectivity index (χ2v) is 7.96. The highest BCUT2D eigenvalue weighted by Gasteiger charge is 2.26. The Kier molecular flexibility index (Phi) is 5.90. The molecule has 0 bridgehead atoms. The standard InChI is InChI=1S/C23H20N2O4S/c26-21(12-7-16-14-15-4-1-2-5-19(15)25-22(16)27)29-18-10-8-17(9-11-18)24-23(28)20-6-3-13-30-20/h1-6,8-11,13,16H,7,12,14H2,(H,24,28)(H,25,27). The summed E-state index contributed by atoms with van der Waals surface area (Å²) >= 11 is 1.37. The minimum atomic E-state index is -0.392. The first kappa shape index (κ1) is 19.8. The Balaban J connectivity index is 1.27. The van der Waals surface area contributed by atoms with E-state index in [9.17, 15) is 14.4 Å². The lowest BCUT2D eigenvalue weighted by molar-refractivity contribution is -0.134. The molecule has 0 radical (unpaired) electrons. The van der Waals surface area contributed by atoms with E-state index in [1.54, 1.807) is 30.3 Å². The number of hydrogen-bond donors (Lipinski definition) is 2. The minimum absolute atomic E-state index is 0.0627. The monoisotopic (exact) mass is 420 g/mol. The van der Waals surface area contributed by atoms with E-state index in [4.69, 9.17) is 4.74 Å². The van der Waals surface area contributed by atoms with Crippen LogP contribution in [-0.2, 0) is 16.0 Å². The molecule has 0 spiro atoms. The third kappa shape index (κ3) is 4.75. The number of fused-ring (bicyclic) bond motifs is 1. The average Bonchev–Trinajstić information content (AvgIpc) is 3.29. The summed E-state index contributed by atoms with van der Waals surface area (Å²) in [4.78, 5) is 37.1. The molecule has 0 aliphatic carbocycles. The first-order chi connectivity index (χ1) is 14.6. The summed E-state index contributed by atoms with van der Waals surface area (Å²) < 4.78 is 5.36. The maximum Gasteiger partial charge on any atom is 0.311 e. The van der Waals surface area contributed by atoms with Gasteiger partial charge in [0.25, 0.3) is 5.91 Å². The van der Waals surface area contributed by atoms with Crippen LogP contribution in [0.15, 0.2) is 66.0 Å². The van der Waals surface area contributed by atoms with Gasteiger partial charge in [-0.05, 0) is 60.2 Å². The molecule has 2 N–H and O–H groups in total. The van der Waals surface area contributed by atoms with Gasteiger partial charge < -0.3 is 15.4 Å². The lowest BCUT2D eigenvalue weighted by Gasteiger charge is -2.24. The lowest BCUT2D eigenvalue weighted by atomic mass is 9.90. The molecule has 2 amide bonds. The van der Waals surface area contributed by atoms with Gasteiger partial charge in [-0.1, -0.05) is 24.3 Å². The highest BCUT2D eigenvalue weighted by atomic mass is 32.1. The summed E-state index contributed by atoms with van der Waals surface area (Å²) in [7, 11) is 0. The molecule has 152 valence electrons. The third-order valence-corrected chi connectivity index (χ3v) is 5.77. The number of ether oxygens (including phenoxy) is 1. The van der Waals surface area contributed by atoms with E-state index >= 15 is 0 Å². The van der Waals surface area contributed by atoms with Crippen molar-refractivity contribution < 1.29 is 19.1 Å². The molecule has 0 fully saturated rings. The number of esters is 1. The summed E-state index contributed by atoms with van der Waals surface area (Å²) in [5, 5.41) is 7.52. The summed E-state index contributed by atoms with van der Waals surface area (Å²) in [6.07, 6.45) is 1.19. The highest BCUT2D eigenvalue weighted by Crippen LogP contribution is 2.28. The average molecular weight is 420 g/mol. The number of carbonyl (C=O) groups is 3. The Morgan fingerprint density at radius 1 is 1.07 bits per heavy atom. The van der Waals surface area contributed by atoms with Crippen LogP contribution in [0.25, 0.3) is 0 Å². The van der Waals surface area contributed by atoms with E-state index in [1.807, 2.05) is 35.7 Å². The molecule has 1 atom stereocenters. The van der Waals surface area contributed by atoms with Crippen LogP contribution in [0.5, 0.6) is 5.75 Å². The number of anilines is 2. The fourth-order valence-electron chi connectivity index (χ4n) is 3.33. The zero-order valence-corrected chi connectivity index (χ0v) is 16.9. The second kappa shape index (κ2) is 8.92. The van der Waals surface area contributed by atoms with Gasteiger partial charge in [0.05, 0.1) is 4.88 Å². The van der Waals surface area contributed by atoms with Gasteiger partial charge in [0.1, 0.15) is 5.75 Å². The van der Waals surface area contributed by atoms with Crippen LogP contribution in [0.4, 0.5) is 11.4 Å². The third-order valence-electron chi connectivity index (χ3n) is 4.90. The van der Waals surface area contributed by atoms with Crippen molar-refractivity contribution in [2.24, 2.45) is 5.92 Å². The van der Waals surface area contributed by atoms with Crippen LogP contribution in [0.3, 0.4) is 0 Å². The van der Waals surface area contributed by atoms with Crippen LogP contribution >= 0.6 is 11.3 Å². The molecule has 1 unspecified atom stereocenters. The summed E-state index contributed by atoms with van der Waals surface area (Å²) in [6, 6.07) is 17.9. The van der Waals surface area contributed by atoms with E-state index in [1.165, 1.54) is 11.3 Å². The predicted molar refractivity (Wildman–Crippen MR) is 116 cm³/mol. The molecule has 0 saturated heterocycles. The molecule has 4 rings (SSSR count). The summed E-state index contributed by atoms with van der Waals surface area (Å²) in [5.74, 6) is -0.485. The Morgan fingerprint density at radius 3 is 2.63 bits per heavy atom. The highest BCUT2D eigenvalue weighted by molar-refractivity contribution is 7.12. The zero-order valence-electron chi connectivity index (χ0n) is 16.1. The number of thiophene rings is 1. The van der Waals surface area contributed by atoms with Gasteiger partial charge >= 0.3 is 5.97 Å². The van der Waals surface area contributed by atoms with Gasteiger partial charge in [0.2, 0.25) is 5.91 Å². The predicted octanol–water partition coefficient (Wildman–Crippen LogP) is 4.50. The molecule has 0 saturated carbocycles. The van der Waals surface area contributed by atoms with Gasteiger partial charge in [0.15, 0.2) is 0 Å². The van der Waals surface area contributed by atoms with Crippen molar-refractivity contribution in [2.75, 3.05) is 10.6 Å². The van der Waals surface area contributed by atoms with Crippen LogP contribution in [0, 0.1) is 5.92 Å². The number of rotatable bonds is 6. The Labute approximate surface area is 177 Å². The van der Waals surface area contributed by atoms with Crippen molar-refractivity contribution in [3.8, 4) is 5.75 Å². The first-order valence-electron chi connectivity index (χ1n) is 9.63. The number of carbonyl (C=O) groups excluding carboxylic acids is 3. The van der Waals surface area contributed by atoms with Crippen molar-refractivity contribution >= 4 is 40.5 Å². The van der Waals surface area contributed by atoms with E-state index in [2.05, 4.69) is 10.6 Å². The number of para-hydroxylation sites is 1. The van der Waals surface area contributed by atoms with E-state index < -0.39 is 5.97 Å². The molecule has 2 heterocycles. The SMILES string of the molecule is O=C(CCC1Cc2ccccc2NC1=O)Oc1ccc(NC(=O)c2cccs2)cc1. The van der Waals surface area contributed by atoms with Crippen molar-refractivity contribution in [1.82, 2.24) is 0 Å². The smallest absolute Gasteiger partial charge is 0.311 e. The fraction of sp³-hybridized carbons (Fsp3) is 0.174. The van der Waals surface area contributed by atoms with Gasteiger partial charge in [-0.15, -0.1) is 11.3 Å². The largest absolute Gasteiger partial charge is 0.427 e. The van der Waals surface area contributed by atoms with E-state index in [-0.39, 0.29) is 24.2 Å². The first-order valence-corrected chi connectivity index (χ1v) is 10.5. The van der Waals surface area contributed by atoms with Crippen molar-refractivity contribution in [3.05, 3.63) is 76.5 Å². The molecular weight excluding hydrogens is 400 g/mol. The molecule has 1 aliphatic heterocycles. The molecule has 30 heavy (non-hydrogen) atoms. The maximum atomic E-state index is 12.2. The zero-order chi connectivity index (χ0) is 20.9. The molecule has 1 aromatic heterocycles. The van der Waals surface area contributed by atoms with Crippen LogP contribution in [-0.4, -0.2) is 17.8 Å². The Morgan fingerprint density at radius 2 is 1.87 bits per heavy atom. The topological polar surface area (TPSA) is 84.5 Å². The van der Waals surface area contributed by atoms with Crippen molar-refractivity contribution in [1.29, 1.82) is 0 Å². The second-order valence-electron chi connectivity index (χ2n) is 7.02. The van der Waals surface area contributed by atoms with Crippen molar-refractivity contribution in [2.45, 2.75) is 19.3 Å². The molecule has 6 nitrogen and oxygen atoms in total. The number of nitrogens with one attached hydrogen (secondary N) is 2. The fourth-order valence-corrected chi connectivity index (χ4v) is 3.95. The summed E-state index contributed by atoms with van der Waals surface area (Å²) in [5.41, 5.74) is 2.54. The van der Waals surface area contributed by atoms with Crippen LogP contribution < -0.4 is 15.4 Å². The van der Waals surface area contributed by atoms with Gasteiger partial charge in [-0.3, -0.25) is 14.4 Å². The molecule has 1 aliphatic rings. The normalized spacial score (nSPS) is 15.1. The minimum Gasteiger partial charge on any atom is -0.427 e.